The molecule has 4 N–H and O–H groups in total. The first-order valence-corrected chi connectivity index (χ1v) is 10.2. The van der Waals surface area contributed by atoms with E-state index in [1.54, 1.807) is 0 Å². The molecule has 2 aromatic rings. The molecule has 0 spiro atoms. The van der Waals surface area contributed by atoms with Crippen LogP contribution in [0.5, 0.6) is 0 Å². The minimum atomic E-state index is -1.04. The van der Waals surface area contributed by atoms with Gasteiger partial charge in [0.2, 0.25) is 5.91 Å². The summed E-state index contributed by atoms with van der Waals surface area (Å²) in [5, 5.41) is 18.8. The van der Waals surface area contributed by atoms with Crippen LogP contribution in [-0.4, -0.2) is 35.6 Å². The van der Waals surface area contributed by atoms with Gasteiger partial charge in [-0.2, -0.15) is 0 Å². The predicted octanol–water partition coefficient (Wildman–Crippen LogP) is 3.90. The topological polar surface area (TPSA) is 90.5 Å². The maximum Gasteiger partial charge on any atom is 0.326 e. The van der Waals surface area contributed by atoms with E-state index in [2.05, 4.69) is 22.9 Å². The molecule has 1 amide bonds. The highest BCUT2D eigenvalue weighted by atomic mass is 16.4. The van der Waals surface area contributed by atoms with Crippen molar-refractivity contribution in [3.63, 3.8) is 0 Å². The molecule has 156 valence electrons. The third-order valence-electron chi connectivity index (χ3n) is 4.67. The van der Waals surface area contributed by atoms with Crippen LogP contribution in [0.25, 0.3) is 0 Å². The van der Waals surface area contributed by atoms with E-state index in [0.29, 0.717) is 6.42 Å². The lowest BCUT2D eigenvalue weighted by Gasteiger charge is -2.22. The summed E-state index contributed by atoms with van der Waals surface area (Å²) in [4.78, 5) is 24.6. The maximum absolute atomic E-state index is 12.9. The van der Waals surface area contributed by atoms with Gasteiger partial charge in [0.05, 0.1) is 0 Å². The van der Waals surface area contributed by atoms with Crippen LogP contribution < -0.4 is 16.0 Å². The van der Waals surface area contributed by atoms with Crippen molar-refractivity contribution in [3.8, 4) is 0 Å². The maximum atomic E-state index is 12.9. The molecule has 2 rings (SSSR count). The van der Waals surface area contributed by atoms with E-state index in [1.165, 1.54) is 0 Å². The smallest absolute Gasteiger partial charge is 0.326 e. The fourth-order valence-corrected chi connectivity index (χ4v) is 3.08. The fraction of sp³-hybridized carbons (Fsp3) is 0.391. The summed E-state index contributed by atoms with van der Waals surface area (Å²) in [6, 6.07) is 15.6. The molecule has 0 saturated heterocycles. The molecule has 0 heterocycles. The van der Waals surface area contributed by atoms with Crippen LogP contribution in [-0.2, 0) is 16.0 Å². The number of benzene rings is 2. The number of carbonyl (C=O) groups is 2. The first kappa shape index (κ1) is 22.3. The van der Waals surface area contributed by atoms with Crippen molar-refractivity contribution in [2.45, 2.75) is 51.6 Å². The van der Waals surface area contributed by atoms with Gasteiger partial charge < -0.3 is 21.1 Å². The summed E-state index contributed by atoms with van der Waals surface area (Å²) in [7, 11) is 0. The number of carboxylic acids is 1. The minimum Gasteiger partial charge on any atom is -0.480 e. The number of amides is 1. The van der Waals surface area contributed by atoms with Gasteiger partial charge in [0, 0.05) is 24.3 Å². The highest BCUT2D eigenvalue weighted by Crippen LogP contribution is 2.14. The Bertz CT molecular complexity index is 763. The third-order valence-corrected chi connectivity index (χ3v) is 4.67. The van der Waals surface area contributed by atoms with Gasteiger partial charge in [-0.3, -0.25) is 4.79 Å². The quantitative estimate of drug-likeness (QED) is 0.436. The second-order valence-electron chi connectivity index (χ2n) is 7.04. The average molecular weight is 398 g/mol. The van der Waals surface area contributed by atoms with Crippen LogP contribution in [0.15, 0.2) is 54.6 Å². The number of para-hydroxylation sites is 1. The van der Waals surface area contributed by atoms with E-state index in [-0.39, 0.29) is 12.3 Å². The van der Waals surface area contributed by atoms with Gasteiger partial charge in [0.1, 0.15) is 12.1 Å². The molecular formula is C23H31N3O3. The molecule has 0 saturated carbocycles. The van der Waals surface area contributed by atoms with E-state index in [1.807, 2.05) is 61.5 Å². The van der Waals surface area contributed by atoms with Crippen molar-refractivity contribution in [2.24, 2.45) is 0 Å². The molecule has 0 aliphatic rings. The lowest BCUT2D eigenvalue weighted by atomic mass is 10.0. The van der Waals surface area contributed by atoms with Crippen LogP contribution in [0.2, 0.25) is 0 Å². The van der Waals surface area contributed by atoms with Crippen molar-refractivity contribution >= 4 is 23.3 Å². The molecular weight excluding hydrogens is 366 g/mol. The second kappa shape index (κ2) is 11.7. The van der Waals surface area contributed by atoms with Crippen molar-refractivity contribution in [1.82, 2.24) is 5.32 Å². The molecule has 6 nitrogen and oxygen atoms in total. The SMILES string of the molecule is CCCCC(Nc1ccccc1)C(=O)NC(Cc1ccc(NCC)cc1)C(=O)O. The third kappa shape index (κ3) is 7.49. The van der Waals surface area contributed by atoms with Crippen LogP contribution in [0.4, 0.5) is 11.4 Å². The zero-order chi connectivity index (χ0) is 21.1. The van der Waals surface area contributed by atoms with Gasteiger partial charge in [-0.25, -0.2) is 4.79 Å². The van der Waals surface area contributed by atoms with Gasteiger partial charge in [0.15, 0.2) is 0 Å². The number of carboxylic acid groups (broad SMARTS) is 1. The minimum absolute atomic E-state index is 0.235. The monoisotopic (exact) mass is 397 g/mol. The van der Waals surface area contributed by atoms with E-state index < -0.39 is 18.1 Å². The van der Waals surface area contributed by atoms with Gasteiger partial charge in [-0.1, -0.05) is 50.1 Å². The number of hydrogen-bond acceptors (Lipinski definition) is 4. The lowest BCUT2D eigenvalue weighted by Crippen LogP contribution is -2.48. The molecule has 0 bridgehead atoms. The Labute approximate surface area is 172 Å². The van der Waals surface area contributed by atoms with Crippen molar-refractivity contribution in [2.75, 3.05) is 17.2 Å². The number of unbranched alkanes of at least 4 members (excludes halogenated alkanes) is 1. The van der Waals surface area contributed by atoms with Gasteiger partial charge in [-0.05, 0) is 43.2 Å². The molecule has 0 fully saturated rings. The van der Waals surface area contributed by atoms with Gasteiger partial charge in [0.25, 0.3) is 0 Å². The molecule has 0 radical (unpaired) electrons. The Balaban J connectivity index is 2.05. The molecule has 6 heteroatoms. The van der Waals surface area contributed by atoms with E-state index in [4.69, 9.17) is 0 Å². The molecule has 2 aromatic carbocycles. The number of nitrogens with one attached hydrogen (secondary N) is 3. The van der Waals surface area contributed by atoms with E-state index in [9.17, 15) is 14.7 Å². The van der Waals surface area contributed by atoms with Crippen LogP contribution in [0.3, 0.4) is 0 Å². The number of carbonyl (C=O) groups excluding carboxylic acids is 1. The summed E-state index contributed by atoms with van der Waals surface area (Å²) in [6.07, 6.45) is 2.71. The van der Waals surface area contributed by atoms with Crippen molar-refractivity contribution < 1.29 is 14.7 Å². The summed E-state index contributed by atoms with van der Waals surface area (Å²) in [5.41, 5.74) is 2.69. The summed E-state index contributed by atoms with van der Waals surface area (Å²) >= 11 is 0. The fourth-order valence-electron chi connectivity index (χ4n) is 3.08. The standard InChI is InChI=1S/C23H31N3O3/c1-3-5-11-20(25-19-9-7-6-8-10-19)22(27)26-21(23(28)29)16-17-12-14-18(15-13-17)24-4-2/h6-10,12-15,20-21,24-25H,3-5,11,16H2,1-2H3,(H,26,27)(H,28,29). The first-order chi connectivity index (χ1) is 14.0. The highest BCUT2D eigenvalue weighted by molar-refractivity contribution is 5.89. The van der Waals surface area contributed by atoms with Crippen molar-refractivity contribution in [1.29, 1.82) is 0 Å². The predicted molar refractivity (Wildman–Crippen MR) is 117 cm³/mol. The average Bonchev–Trinajstić information content (AvgIpc) is 2.72. The summed E-state index contributed by atoms with van der Waals surface area (Å²) in [6.45, 7) is 4.90. The zero-order valence-electron chi connectivity index (χ0n) is 17.2. The van der Waals surface area contributed by atoms with Crippen LogP contribution >= 0.6 is 0 Å². The number of hydrogen-bond donors (Lipinski definition) is 4. The first-order valence-electron chi connectivity index (χ1n) is 10.2. The Kier molecular flexibility index (Phi) is 9.02. The second-order valence-corrected chi connectivity index (χ2v) is 7.04. The van der Waals surface area contributed by atoms with E-state index >= 15 is 0 Å². The number of aliphatic carboxylic acids is 1. The Morgan fingerprint density at radius 1 is 0.931 bits per heavy atom. The van der Waals surface area contributed by atoms with Crippen molar-refractivity contribution in [3.05, 3.63) is 60.2 Å². The molecule has 0 aromatic heterocycles. The normalized spacial score (nSPS) is 12.6. The highest BCUT2D eigenvalue weighted by Gasteiger charge is 2.25. The van der Waals surface area contributed by atoms with Crippen LogP contribution in [0.1, 0.15) is 38.7 Å². The molecule has 2 atom stereocenters. The lowest BCUT2D eigenvalue weighted by molar-refractivity contribution is -0.141. The Morgan fingerprint density at radius 2 is 1.62 bits per heavy atom. The molecule has 0 aliphatic heterocycles. The number of anilines is 2. The molecule has 0 aliphatic carbocycles. The molecule has 2 unspecified atom stereocenters. The number of rotatable bonds is 12. The van der Waals surface area contributed by atoms with Crippen LogP contribution in [0, 0.1) is 0 Å². The van der Waals surface area contributed by atoms with Gasteiger partial charge >= 0.3 is 5.97 Å². The molecule has 29 heavy (non-hydrogen) atoms. The van der Waals surface area contributed by atoms with Gasteiger partial charge in [-0.15, -0.1) is 0 Å². The Morgan fingerprint density at radius 3 is 2.21 bits per heavy atom. The summed E-state index contributed by atoms with van der Waals surface area (Å²) in [5.74, 6) is -1.33. The Hall–Kier alpha value is -3.02. The zero-order valence-corrected chi connectivity index (χ0v) is 17.2. The largest absolute Gasteiger partial charge is 0.480 e. The van der Waals surface area contributed by atoms with E-state index in [0.717, 1.165) is 36.3 Å². The summed E-state index contributed by atoms with van der Waals surface area (Å²) < 4.78 is 0.